The molecule has 0 spiro atoms. The predicted molar refractivity (Wildman–Crippen MR) is 160 cm³/mol. The first-order valence-corrected chi connectivity index (χ1v) is 14.1. The Balaban J connectivity index is 1.57. The predicted octanol–water partition coefficient (Wildman–Crippen LogP) is 6.49. The topological polar surface area (TPSA) is 94.2 Å². The summed E-state index contributed by atoms with van der Waals surface area (Å²) in [5, 5.41) is 2.25. The average Bonchev–Trinajstić information content (AvgIpc) is 2.92. The van der Waals surface area contributed by atoms with Crippen molar-refractivity contribution in [2.45, 2.75) is 26.4 Å². The number of methoxy groups -OCH3 is 1. The Hall–Kier alpha value is -3.38. The Bertz CT molecular complexity index is 1410. The fourth-order valence-corrected chi connectivity index (χ4v) is 4.83. The lowest BCUT2D eigenvalue weighted by Gasteiger charge is -2.26. The van der Waals surface area contributed by atoms with E-state index in [1.54, 1.807) is 36.4 Å². The molecule has 0 unspecified atom stereocenters. The number of barbiturate groups is 1. The number of unbranched alkanes of at least 4 members (excludes halogenated alkanes) is 1. The maximum atomic E-state index is 13.3. The number of carbonyl (C=O) groups excluding carboxylic acids is 3. The molecule has 0 bridgehead atoms. The summed E-state index contributed by atoms with van der Waals surface area (Å²) in [5.41, 5.74) is 1.67. The molecule has 1 N–H and O–H groups in total. The number of hydrogen-bond acceptors (Lipinski definition) is 6. The second-order valence-electron chi connectivity index (χ2n) is 8.60. The lowest BCUT2D eigenvalue weighted by molar-refractivity contribution is -0.122. The lowest BCUT2D eigenvalue weighted by atomic mass is 10.1. The summed E-state index contributed by atoms with van der Waals surface area (Å²) in [6, 6.07) is 17.0. The third-order valence-electron chi connectivity index (χ3n) is 5.82. The molecule has 0 radical (unpaired) electrons. The molecule has 1 aliphatic rings. The van der Waals surface area contributed by atoms with Gasteiger partial charge in [0.2, 0.25) is 0 Å². The molecule has 202 valence electrons. The highest BCUT2D eigenvalue weighted by Crippen LogP contribution is 2.36. The molecule has 3 aromatic carbocycles. The van der Waals surface area contributed by atoms with Gasteiger partial charge in [0.05, 0.1) is 23.0 Å². The number of halogens is 2. The van der Waals surface area contributed by atoms with Crippen LogP contribution in [0.3, 0.4) is 0 Å². The van der Waals surface area contributed by atoms with Crippen molar-refractivity contribution in [3.8, 4) is 17.2 Å². The van der Waals surface area contributed by atoms with Gasteiger partial charge in [0.15, 0.2) is 11.5 Å². The van der Waals surface area contributed by atoms with Gasteiger partial charge in [-0.25, -0.2) is 9.69 Å². The van der Waals surface area contributed by atoms with Crippen molar-refractivity contribution in [2.24, 2.45) is 0 Å². The third-order valence-corrected chi connectivity index (χ3v) is 7.15. The van der Waals surface area contributed by atoms with Crippen molar-refractivity contribution in [3.63, 3.8) is 0 Å². The maximum absolute atomic E-state index is 13.3. The van der Waals surface area contributed by atoms with Gasteiger partial charge in [-0.3, -0.25) is 14.9 Å². The van der Waals surface area contributed by atoms with Crippen LogP contribution in [-0.4, -0.2) is 31.6 Å². The Morgan fingerprint density at radius 2 is 1.72 bits per heavy atom. The molecule has 1 heterocycles. The number of amides is 4. The average molecular weight is 705 g/mol. The number of hydrogen-bond donors (Lipinski definition) is 1. The van der Waals surface area contributed by atoms with E-state index in [9.17, 15) is 14.4 Å². The first kappa shape index (κ1) is 28.6. The first-order chi connectivity index (χ1) is 18.8. The number of carbonyl (C=O) groups is 3. The van der Waals surface area contributed by atoms with Gasteiger partial charge < -0.3 is 14.2 Å². The number of nitrogens with one attached hydrogen (secondary N) is 1. The third kappa shape index (κ3) is 6.99. The van der Waals surface area contributed by atoms with Crippen molar-refractivity contribution in [1.29, 1.82) is 0 Å². The van der Waals surface area contributed by atoms with Crippen LogP contribution in [0.1, 0.15) is 30.9 Å². The lowest BCUT2D eigenvalue weighted by Crippen LogP contribution is -2.54. The van der Waals surface area contributed by atoms with Crippen molar-refractivity contribution >= 4 is 68.1 Å². The molecule has 4 amide bonds. The SMILES string of the molecule is CCCCOc1ccc(N2C(=O)NC(=O)/C(=C/c3cc(I)c(OCc4ccc(Br)cc4)c(OC)c3)C2=O)cc1. The Kier molecular flexibility index (Phi) is 9.63. The van der Waals surface area contributed by atoms with E-state index < -0.39 is 17.8 Å². The fraction of sp³-hybridized carbons (Fsp3) is 0.207. The van der Waals surface area contributed by atoms with Crippen LogP contribution in [0, 0.1) is 3.57 Å². The standard InChI is InChI=1S/C29H26BrIN2O6/c1-3-4-13-38-22-11-9-21(10-12-22)33-28(35)23(27(34)32-29(33)36)14-19-15-24(31)26(25(16-19)37-2)39-17-18-5-7-20(30)8-6-18/h5-12,14-16H,3-4,13,17H2,1-2H3,(H,32,34,36)/b23-14-. The molecule has 0 aliphatic carbocycles. The number of anilines is 1. The summed E-state index contributed by atoms with van der Waals surface area (Å²) in [6.45, 7) is 2.99. The second-order valence-corrected chi connectivity index (χ2v) is 10.7. The second kappa shape index (κ2) is 13.1. The molecular formula is C29H26BrIN2O6. The summed E-state index contributed by atoms with van der Waals surface area (Å²) in [5.74, 6) is 0.119. The number of rotatable bonds is 10. The van der Waals surface area contributed by atoms with Crippen LogP contribution < -0.4 is 24.4 Å². The number of nitrogens with zero attached hydrogens (tertiary/aromatic N) is 1. The van der Waals surface area contributed by atoms with Crippen molar-refractivity contribution in [2.75, 3.05) is 18.6 Å². The summed E-state index contributed by atoms with van der Waals surface area (Å²) < 4.78 is 18.9. The summed E-state index contributed by atoms with van der Waals surface area (Å²) in [4.78, 5) is 39.5. The molecule has 1 saturated heterocycles. The highest BCUT2D eigenvalue weighted by molar-refractivity contribution is 14.1. The van der Waals surface area contributed by atoms with Crippen LogP contribution in [0.4, 0.5) is 10.5 Å². The first-order valence-electron chi connectivity index (χ1n) is 12.2. The largest absolute Gasteiger partial charge is 0.494 e. The molecule has 1 aliphatic heterocycles. The van der Waals surface area contributed by atoms with Gasteiger partial charge >= 0.3 is 6.03 Å². The van der Waals surface area contributed by atoms with E-state index in [4.69, 9.17) is 14.2 Å². The van der Waals surface area contributed by atoms with Crippen LogP contribution in [0.15, 0.2) is 70.7 Å². The molecule has 0 aromatic heterocycles. The zero-order valence-corrected chi connectivity index (χ0v) is 25.1. The fourth-order valence-electron chi connectivity index (χ4n) is 3.78. The number of ether oxygens (including phenoxy) is 3. The summed E-state index contributed by atoms with van der Waals surface area (Å²) >= 11 is 5.54. The molecule has 8 nitrogen and oxygen atoms in total. The van der Waals surface area contributed by atoms with Gasteiger partial charge in [0, 0.05) is 4.47 Å². The van der Waals surface area contributed by atoms with Crippen LogP contribution >= 0.6 is 38.5 Å². The number of benzene rings is 3. The molecule has 0 atom stereocenters. The van der Waals surface area contributed by atoms with Gasteiger partial charge in [-0.2, -0.15) is 0 Å². The molecule has 4 rings (SSSR count). The Labute approximate surface area is 248 Å². The zero-order chi connectivity index (χ0) is 27.9. The van der Waals surface area contributed by atoms with Gasteiger partial charge in [0.1, 0.15) is 17.9 Å². The monoisotopic (exact) mass is 704 g/mol. The zero-order valence-electron chi connectivity index (χ0n) is 21.3. The van der Waals surface area contributed by atoms with Gasteiger partial charge in [0.25, 0.3) is 11.8 Å². The molecule has 1 fully saturated rings. The van der Waals surface area contributed by atoms with Crippen LogP contribution in [0.5, 0.6) is 17.2 Å². The Morgan fingerprint density at radius 3 is 2.38 bits per heavy atom. The normalized spacial score (nSPS) is 14.4. The molecule has 0 saturated carbocycles. The minimum atomic E-state index is -0.814. The number of urea groups is 1. The van der Waals surface area contributed by atoms with Crippen molar-refractivity contribution < 1.29 is 28.6 Å². The molecule has 39 heavy (non-hydrogen) atoms. The molecule has 3 aromatic rings. The quantitative estimate of drug-likeness (QED) is 0.112. The minimum Gasteiger partial charge on any atom is -0.494 e. The van der Waals surface area contributed by atoms with Gasteiger partial charge in [-0.05, 0) is 94.7 Å². The van der Waals surface area contributed by atoms with Gasteiger partial charge in [-0.15, -0.1) is 0 Å². The van der Waals surface area contributed by atoms with E-state index in [-0.39, 0.29) is 5.57 Å². The maximum Gasteiger partial charge on any atom is 0.335 e. The van der Waals surface area contributed by atoms with E-state index in [1.807, 2.05) is 24.3 Å². The van der Waals surface area contributed by atoms with Crippen LogP contribution in [0.2, 0.25) is 0 Å². The van der Waals surface area contributed by atoms with E-state index >= 15 is 0 Å². The smallest absolute Gasteiger partial charge is 0.335 e. The van der Waals surface area contributed by atoms with Crippen molar-refractivity contribution in [3.05, 3.63) is 85.4 Å². The van der Waals surface area contributed by atoms with E-state index in [0.717, 1.165) is 31.3 Å². The highest BCUT2D eigenvalue weighted by atomic mass is 127. The van der Waals surface area contributed by atoms with E-state index in [0.29, 0.717) is 41.7 Å². The van der Waals surface area contributed by atoms with Crippen LogP contribution in [-0.2, 0) is 16.2 Å². The highest BCUT2D eigenvalue weighted by Gasteiger charge is 2.37. The summed E-state index contributed by atoms with van der Waals surface area (Å²) in [6.07, 6.45) is 3.37. The Morgan fingerprint density at radius 1 is 1.00 bits per heavy atom. The summed E-state index contributed by atoms with van der Waals surface area (Å²) in [7, 11) is 1.52. The molecular weight excluding hydrogens is 679 g/mol. The van der Waals surface area contributed by atoms with Crippen LogP contribution in [0.25, 0.3) is 6.08 Å². The number of imide groups is 2. The minimum absolute atomic E-state index is 0.181. The van der Waals surface area contributed by atoms with Gasteiger partial charge in [-0.1, -0.05) is 41.4 Å². The van der Waals surface area contributed by atoms with Crippen molar-refractivity contribution in [1.82, 2.24) is 5.32 Å². The molecule has 10 heteroatoms. The van der Waals surface area contributed by atoms with E-state index in [1.165, 1.54) is 13.2 Å². The van der Waals surface area contributed by atoms with E-state index in [2.05, 4.69) is 50.8 Å².